The molecule has 1 amide bonds. The fourth-order valence-electron chi connectivity index (χ4n) is 1.38. The molecule has 0 saturated carbocycles. The molecule has 86 valence electrons. The molecule has 16 heavy (non-hydrogen) atoms. The Hall–Kier alpha value is -1.55. The van der Waals surface area contributed by atoms with Crippen LogP contribution in [-0.4, -0.2) is 25.2 Å². The summed E-state index contributed by atoms with van der Waals surface area (Å²) >= 11 is 0. The summed E-state index contributed by atoms with van der Waals surface area (Å²) in [5, 5.41) is 2.70. The van der Waals surface area contributed by atoms with Crippen LogP contribution in [0.15, 0.2) is 24.3 Å². The molecule has 2 rings (SSSR count). The van der Waals surface area contributed by atoms with Gasteiger partial charge in [-0.25, -0.2) is 0 Å². The normalized spacial score (nSPS) is 17.9. The monoisotopic (exact) mass is 221 g/mol. The Morgan fingerprint density at radius 2 is 2.19 bits per heavy atom. The lowest BCUT2D eigenvalue weighted by atomic mass is 10.3. The molecule has 1 fully saturated rings. The highest BCUT2D eigenvalue weighted by Crippen LogP contribution is 2.18. The maximum atomic E-state index is 10.8. The van der Waals surface area contributed by atoms with Crippen molar-refractivity contribution in [2.45, 2.75) is 19.4 Å². The van der Waals surface area contributed by atoms with Gasteiger partial charge in [-0.3, -0.25) is 4.79 Å². The van der Waals surface area contributed by atoms with Crippen molar-refractivity contribution in [1.82, 2.24) is 0 Å². The molecule has 1 heterocycles. The minimum Gasteiger partial charge on any atom is -0.493 e. The van der Waals surface area contributed by atoms with E-state index in [1.807, 2.05) is 24.3 Å². The smallest absolute Gasteiger partial charge is 0.221 e. The van der Waals surface area contributed by atoms with Crippen LogP contribution in [0.1, 0.15) is 13.3 Å². The minimum absolute atomic E-state index is 0.0699. The van der Waals surface area contributed by atoms with E-state index in [4.69, 9.17) is 9.47 Å². The van der Waals surface area contributed by atoms with Crippen LogP contribution in [-0.2, 0) is 9.53 Å². The van der Waals surface area contributed by atoms with Crippen molar-refractivity contribution in [2.75, 3.05) is 18.5 Å². The maximum Gasteiger partial charge on any atom is 0.221 e. The number of amides is 1. The fraction of sp³-hybridized carbons (Fsp3) is 0.417. The number of benzene rings is 1. The predicted molar refractivity (Wildman–Crippen MR) is 60.6 cm³/mol. The summed E-state index contributed by atoms with van der Waals surface area (Å²) in [4.78, 5) is 10.8. The topological polar surface area (TPSA) is 50.9 Å². The first kappa shape index (κ1) is 11.0. The van der Waals surface area contributed by atoms with Gasteiger partial charge in [-0.1, -0.05) is 0 Å². The van der Waals surface area contributed by atoms with E-state index in [0.29, 0.717) is 12.7 Å². The van der Waals surface area contributed by atoms with Crippen LogP contribution in [0.25, 0.3) is 0 Å². The number of anilines is 1. The van der Waals surface area contributed by atoms with Crippen LogP contribution in [0.5, 0.6) is 5.75 Å². The second-order valence-electron chi connectivity index (χ2n) is 3.80. The van der Waals surface area contributed by atoms with Gasteiger partial charge in [0.1, 0.15) is 5.75 Å². The van der Waals surface area contributed by atoms with Crippen molar-refractivity contribution in [3.05, 3.63) is 24.3 Å². The maximum absolute atomic E-state index is 10.8. The average Bonchev–Trinajstić information content (AvgIpc) is 3.04. The van der Waals surface area contributed by atoms with E-state index in [1.165, 1.54) is 6.92 Å². The summed E-state index contributed by atoms with van der Waals surface area (Å²) in [5.74, 6) is 0.745. The number of carbonyl (C=O) groups excluding carboxylic acids is 1. The van der Waals surface area contributed by atoms with Crippen molar-refractivity contribution in [1.29, 1.82) is 0 Å². The number of nitrogens with one attached hydrogen (secondary N) is 1. The molecule has 1 N–H and O–H groups in total. The van der Waals surface area contributed by atoms with Gasteiger partial charge in [-0.15, -0.1) is 0 Å². The molecule has 1 aromatic carbocycles. The van der Waals surface area contributed by atoms with E-state index in [-0.39, 0.29) is 5.91 Å². The van der Waals surface area contributed by atoms with Gasteiger partial charge in [-0.2, -0.15) is 0 Å². The van der Waals surface area contributed by atoms with Crippen LogP contribution >= 0.6 is 0 Å². The number of ether oxygens (including phenoxy) is 2. The molecule has 1 atom stereocenters. The van der Waals surface area contributed by atoms with Crippen LogP contribution < -0.4 is 10.1 Å². The molecule has 0 spiro atoms. The van der Waals surface area contributed by atoms with E-state index < -0.39 is 0 Å². The standard InChI is InChI=1S/C12H15NO3/c1-9(14)13-10-2-4-11(5-3-10)15-7-6-12-8-16-12/h2-5,12H,6-8H2,1H3,(H,13,14). The highest BCUT2D eigenvalue weighted by molar-refractivity contribution is 5.88. The fourth-order valence-corrected chi connectivity index (χ4v) is 1.38. The second-order valence-corrected chi connectivity index (χ2v) is 3.80. The van der Waals surface area contributed by atoms with Crippen molar-refractivity contribution < 1.29 is 14.3 Å². The zero-order chi connectivity index (χ0) is 11.4. The zero-order valence-electron chi connectivity index (χ0n) is 9.23. The van der Waals surface area contributed by atoms with Gasteiger partial charge in [0.15, 0.2) is 0 Å². The average molecular weight is 221 g/mol. The molecule has 0 bridgehead atoms. The van der Waals surface area contributed by atoms with Crippen LogP contribution in [0.4, 0.5) is 5.69 Å². The Morgan fingerprint density at radius 3 is 2.75 bits per heavy atom. The zero-order valence-corrected chi connectivity index (χ0v) is 9.23. The largest absolute Gasteiger partial charge is 0.493 e. The van der Waals surface area contributed by atoms with Crippen LogP contribution in [0, 0.1) is 0 Å². The van der Waals surface area contributed by atoms with E-state index in [0.717, 1.165) is 24.5 Å². The van der Waals surface area contributed by atoms with E-state index in [1.54, 1.807) is 0 Å². The summed E-state index contributed by atoms with van der Waals surface area (Å²) in [7, 11) is 0. The molecule has 0 radical (unpaired) electrons. The summed E-state index contributed by atoms with van der Waals surface area (Å²) < 4.78 is 10.6. The Labute approximate surface area is 94.6 Å². The Kier molecular flexibility index (Phi) is 3.41. The minimum atomic E-state index is -0.0699. The quantitative estimate of drug-likeness (QED) is 0.771. The molecule has 1 saturated heterocycles. The molecule has 4 nitrogen and oxygen atoms in total. The van der Waals surface area contributed by atoms with Crippen molar-refractivity contribution >= 4 is 11.6 Å². The van der Waals surface area contributed by atoms with Crippen molar-refractivity contribution in [3.63, 3.8) is 0 Å². The second kappa shape index (κ2) is 4.99. The van der Waals surface area contributed by atoms with E-state index in [2.05, 4.69) is 5.32 Å². The lowest BCUT2D eigenvalue weighted by Crippen LogP contribution is -2.05. The van der Waals surface area contributed by atoms with Gasteiger partial charge in [-0.05, 0) is 24.3 Å². The lowest BCUT2D eigenvalue weighted by Gasteiger charge is -2.06. The van der Waals surface area contributed by atoms with Gasteiger partial charge in [0.25, 0.3) is 0 Å². The number of epoxide rings is 1. The summed E-state index contributed by atoms with van der Waals surface area (Å²) in [6.07, 6.45) is 1.34. The Balaban J connectivity index is 1.78. The van der Waals surface area contributed by atoms with E-state index >= 15 is 0 Å². The molecular formula is C12H15NO3. The lowest BCUT2D eigenvalue weighted by molar-refractivity contribution is -0.114. The highest BCUT2D eigenvalue weighted by atomic mass is 16.6. The SMILES string of the molecule is CC(=O)Nc1ccc(OCCC2CO2)cc1. The third-order valence-electron chi connectivity index (χ3n) is 2.29. The molecule has 1 aliphatic heterocycles. The Morgan fingerprint density at radius 1 is 1.50 bits per heavy atom. The van der Waals surface area contributed by atoms with Gasteiger partial charge in [0.2, 0.25) is 5.91 Å². The first-order chi connectivity index (χ1) is 7.74. The summed E-state index contributed by atoms with van der Waals surface area (Å²) in [5.41, 5.74) is 0.783. The third kappa shape index (κ3) is 3.55. The number of hydrogen-bond donors (Lipinski definition) is 1. The number of hydrogen-bond acceptors (Lipinski definition) is 3. The van der Waals surface area contributed by atoms with E-state index in [9.17, 15) is 4.79 Å². The molecule has 1 aliphatic rings. The van der Waals surface area contributed by atoms with Gasteiger partial charge >= 0.3 is 0 Å². The number of rotatable bonds is 5. The molecule has 1 aromatic rings. The first-order valence-corrected chi connectivity index (χ1v) is 5.36. The van der Waals surface area contributed by atoms with Crippen LogP contribution in [0.2, 0.25) is 0 Å². The molecule has 0 aliphatic carbocycles. The summed E-state index contributed by atoms with van der Waals surface area (Å²) in [6, 6.07) is 7.34. The Bertz CT molecular complexity index is 357. The summed E-state index contributed by atoms with van der Waals surface area (Å²) in [6.45, 7) is 3.02. The first-order valence-electron chi connectivity index (χ1n) is 5.36. The van der Waals surface area contributed by atoms with Crippen molar-refractivity contribution in [3.8, 4) is 5.75 Å². The molecule has 1 unspecified atom stereocenters. The van der Waals surface area contributed by atoms with Crippen molar-refractivity contribution in [2.24, 2.45) is 0 Å². The van der Waals surface area contributed by atoms with Crippen LogP contribution in [0.3, 0.4) is 0 Å². The van der Waals surface area contributed by atoms with Gasteiger partial charge < -0.3 is 14.8 Å². The molecule has 0 aromatic heterocycles. The third-order valence-corrected chi connectivity index (χ3v) is 2.29. The van der Waals surface area contributed by atoms with Gasteiger partial charge in [0.05, 0.1) is 19.3 Å². The molecular weight excluding hydrogens is 206 g/mol. The highest BCUT2D eigenvalue weighted by Gasteiger charge is 2.21. The predicted octanol–water partition coefficient (Wildman–Crippen LogP) is 1.81. The van der Waals surface area contributed by atoms with Gasteiger partial charge in [0, 0.05) is 19.0 Å². The molecule has 4 heteroatoms. The number of carbonyl (C=O) groups is 1.